The lowest BCUT2D eigenvalue weighted by Crippen LogP contribution is -2.38. The maximum Gasteiger partial charge on any atom is 0.329 e. The number of anilines is 1. The van der Waals surface area contributed by atoms with E-state index in [9.17, 15) is 9.18 Å². The van der Waals surface area contributed by atoms with Crippen molar-refractivity contribution < 1.29 is 19.0 Å². The van der Waals surface area contributed by atoms with Gasteiger partial charge in [0, 0.05) is 13.1 Å². The summed E-state index contributed by atoms with van der Waals surface area (Å²) in [5.74, 6) is -0.925. The number of aromatic nitrogens is 2. The highest BCUT2D eigenvalue weighted by molar-refractivity contribution is 5.68. The van der Waals surface area contributed by atoms with Gasteiger partial charge >= 0.3 is 5.97 Å². The number of rotatable bonds is 4. The number of halogens is 1. The van der Waals surface area contributed by atoms with Crippen molar-refractivity contribution in [1.82, 2.24) is 9.97 Å². The van der Waals surface area contributed by atoms with E-state index in [-0.39, 0.29) is 12.7 Å². The Labute approximate surface area is 103 Å². The van der Waals surface area contributed by atoms with Crippen LogP contribution in [-0.2, 0) is 9.53 Å². The minimum atomic E-state index is -0.959. The minimum Gasteiger partial charge on any atom is -0.480 e. The van der Waals surface area contributed by atoms with Gasteiger partial charge < -0.3 is 14.7 Å². The molecular formula is C11H14FN3O3. The van der Waals surface area contributed by atoms with Crippen molar-refractivity contribution in [2.75, 3.05) is 24.6 Å². The normalized spacial score (nSPS) is 16.8. The Balaban J connectivity index is 1.83. The van der Waals surface area contributed by atoms with E-state index in [2.05, 4.69) is 9.97 Å². The third-order valence-corrected chi connectivity index (χ3v) is 2.77. The minimum absolute atomic E-state index is 0.0437. The largest absolute Gasteiger partial charge is 0.480 e. The Hall–Kier alpha value is -1.76. The van der Waals surface area contributed by atoms with Gasteiger partial charge in [0.2, 0.25) is 5.95 Å². The number of hydrogen-bond acceptors (Lipinski definition) is 5. The van der Waals surface area contributed by atoms with E-state index >= 15 is 0 Å². The summed E-state index contributed by atoms with van der Waals surface area (Å²) in [5.41, 5.74) is 0. The summed E-state index contributed by atoms with van der Waals surface area (Å²) in [6.07, 6.45) is 3.66. The average molecular weight is 255 g/mol. The molecule has 98 valence electrons. The van der Waals surface area contributed by atoms with Gasteiger partial charge in [-0.15, -0.1) is 0 Å². The number of ether oxygens (including phenoxy) is 1. The predicted molar refractivity (Wildman–Crippen MR) is 60.8 cm³/mol. The van der Waals surface area contributed by atoms with Gasteiger partial charge in [0.05, 0.1) is 18.5 Å². The molecule has 1 aromatic heterocycles. The van der Waals surface area contributed by atoms with Crippen LogP contribution in [0.2, 0.25) is 0 Å². The lowest BCUT2D eigenvalue weighted by Gasteiger charge is -2.31. The highest BCUT2D eigenvalue weighted by atomic mass is 19.1. The molecule has 18 heavy (non-hydrogen) atoms. The van der Waals surface area contributed by atoms with Crippen LogP contribution in [0.5, 0.6) is 0 Å². The van der Waals surface area contributed by atoms with Crippen LogP contribution in [0.3, 0.4) is 0 Å². The second-order valence-electron chi connectivity index (χ2n) is 4.09. The zero-order valence-corrected chi connectivity index (χ0v) is 9.75. The highest BCUT2D eigenvalue weighted by Gasteiger charge is 2.21. The van der Waals surface area contributed by atoms with Crippen LogP contribution in [-0.4, -0.2) is 46.8 Å². The molecule has 7 heteroatoms. The molecule has 1 N–H and O–H groups in total. The van der Waals surface area contributed by atoms with Crippen molar-refractivity contribution >= 4 is 11.9 Å². The van der Waals surface area contributed by atoms with Gasteiger partial charge in [-0.25, -0.2) is 19.2 Å². The summed E-state index contributed by atoms with van der Waals surface area (Å²) in [7, 11) is 0. The van der Waals surface area contributed by atoms with E-state index in [1.54, 1.807) is 0 Å². The molecule has 0 aliphatic carbocycles. The topological polar surface area (TPSA) is 75.6 Å². The maximum absolute atomic E-state index is 12.7. The molecule has 1 aliphatic heterocycles. The van der Waals surface area contributed by atoms with Crippen LogP contribution >= 0.6 is 0 Å². The quantitative estimate of drug-likeness (QED) is 0.853. The number of carboxylic acid groups (broad SMARTS) is 1. The van der Waals surface area contributed by atoms with Crippen molar-refractivity contribution in [3.8, 4) is 0 Å². The zero-order valence-electron chi connectivity index (χ0n) is 9.75. The fraction of sp³-hybridized carbons (Fsp3) is 0.545. The zero-order chi connectivity index (χ0) is 13.0. The van der Waals surface area contributed by atoms with Crippen molar-refractivity contribution in [3.63, 3.8) is 0 Å². The molecule has 1 fully saturated rings. The van der Waals surface area contributed by atoms with Gasteiger partial charge in [-0.2, -0.15) is 0 Å². The van der Waals surface area contributed by atoms with Gasteiger partial charge in [0.1, 0.15) is 6.61 Å². The van der Waals surface area contributed by atoms with Crippen LogP contribution in [0.25, 0.3) is 0 Å². The first-order valence-electron chi connectivity index (χ1n) is 5.71. The molecule has 1 aliphatic rings. The van der Waals surface area contributed by atoms with E-state index in [4.69, 9.17) is 9.84 Å². The summed E-state index contributed by atoms with van der Waals surface area (Å²) in [6, 6.07) is 0. The fourth-order valence-corrected chi connectivity index (χ4v) is 1.88. The molecule has 0 amide bonds. The predicted octanol–water partition coefficient (Wildman–Crippen LogP) is 0.686. The molecule has 0 saturated carbocycles. The monoisotopic (exact) mass is 255 g/mol. The Morgan fingerprint density at radius 1 is 1.44 bits per heavy atom. The van der Waals surface area contributed by atoms with Gasteiger partial charge in [-0.1, -0.05) is 0 Å². The highest BCUT2D eigenvalue weighted by Crippen LogP contribution is 2.17. The number of carboxylic acids is 1. The molecule has 2 heterocycles. The van der Waals surface area contributed by atoms with E-state index in [1.165, 1.54) is 0 Å². The third-order valence-electron chi connectivity index (χ3n) is 2.77. The van der Waals surface area contributed by atoms with Crippen LogP contribution in [0.1, 0.15) is 12.8 Å². The van der Waals surface area contributed by atoms with Gasteiger partial charge in [0.25, 0.3) is 0 Å². The van der Waals surface area contributed by atoms with Crippen molar-refractivity contribution in [3.05, 3.63) is 18.2 Å². The van der Waals surface area contributed by atoms with E-state index in [1.807, 2.05) is 4.90 Å². The van der Waals surface area contributed by atoms with Crippen molar-refractivity contribution in [2.24, 2.45) is 0 Å². The Kier molecular flexibility index (Phi) is 4.03. The smallest absolute Gasteiger partial charge is 0.329 e. The summed E-state index contributed by atoms with van der Waals surface area (Å²) in [6.45, 7) is 1.09. The molecule has 0 aromatic carbocycles. The summed E-state index contributed by atoms with van der Waals surface area (Å²) in [4.78, 5) is 20.1. The first-order chi connectivity index (χ1) is 8.65. The number of aliphatic carboxylic acids is 1. The summed E-state index contributed by atoms with van der Waals surface area (Å²) in [5, 5.41) is 8.51. The van der Waals surface area contributed by atoms with Gasteiger partial charge in [-0.3, -0.25) is 0 Å². The first-order valence-corrected chi connectivity index (χ1v) is 5.71. The second kappa shape index (κ2) is 5.72. The lowest BCUT2D eigenvalue weighted by molar-refractivity contribution is -0.144. The maximum atomic E-state index is 12.7. The summed E-state index contributed by atoms with van der Waals surface area (Å²) >= 11 is 0. The summed E-state index contributed by atoms with van der Waals surface area (Å²) < 4.78 is 17.9. The van der Waals surface area contributed by atoms with Crippen LogP contribution in [0.15, 0.2) is 12.4 Å². The molecular weight excluding hydrogens is 241 g/mol. The fourth-order valence-electron chi connectivity index (χ4n) is 1.88. The van der Waals surface area contributed by atoms with E-state index in [0.29, 0.717) is 31.9 Å². The average Bonchev–Trinajstić information content (AvgIpc) is 2.38. The Bertz CT molecular complexity index is 404. The van der Waals surface area contributed by atoms with Crippen LogP contribution in [0, 0.1) is 5.82 Å². The SMILES string of the molecule is O=C(O)COC1CCN(c2ncc(F)cn2)CC1. The molecule has 1 aromatic rings. The van der Waals surface area contributed by atoms with Crippen LogP contribution in [0.4, 0.5) is 10.3 Å². The van der Waals surface area contributed by atoms with Crippen molar-refractivity contribution in [2.45, 2.75) is 18.9 Å². The van der Waals surface area contributed by atoms with Gasteiger partial charge in [-0.05, 0) is 12.8 Å². The molecule has 0 spiro atoms. The Morgan fingerprint density at radius 3 is 2.61 bits per heavy atom. The molecule has 0 bridgehead atoms. The van der Waals surface area contributed by atoms with E-state index < -0.39 is 11.8 Å². The number of carbonyl (C=O) groups is 1. The van der Waals surface area contributed by atoms with E-state index in [0.717, 1.165) is 12.4 Å². The number of piperidine rings is 1. The number of hydrogen-bond donors (Lipinski definition) is 1. The first kappa shape index (κ1) is 12.7. The molecule has 2 rings (SSSR count). The second-order valence-corrected chi connectivity index (χ2v) is 4.09. The standard InChI is InChI=1S/C11H14FN3O3/c12-8-5-13-11(14-6-8)15-3-1-9(2-4-15)18-7-10(16)17/h5-6,9H,1-4,7H2,(H,16,17). The third kappa shape index (κ3) is 3.36. The van der Waals surface area contributed by atoms with Gasteiger partial charge in [0.15, 0.2) is 5.82 Å². The van der Waals surface area contributed by atoms with Crippen molar-refractivity contribution in [1.29, 1.82) is 0 Å². The van der Waals surface area contributed by atoms with Crippen LogP contribution < -0.4 is 4.90 Å². The number of nitrogens with zero attached hydrogens (tertiary/aromatic N) is 3. The Morgan fingerprint density at radius 2 is 2.06 bits per heavy atom. The molecule has 0 atom stereocenters. The molecule has 0 radical (unpaired) electrons. The molecule has 6 nitrogen and oxygen atoms in total. The lowest BCUT2D eigenvalue weighted by atomic mass is 10.1. The molecule has 1 saturated heterocycles. The molecule has 0 unspecified atom stereocenters.